The van der Waals surface area contributed by atoms with E-state index in [1.165, 1.54) is 47.8 Å². The van der Waals surface area contributed by atoms with Gasteiger partial charge < -0.3 is 0 Å². The van der Waals surface area contributed by atoms with Crippen LogP contribution in [-0.4, -0.2) is 4.21 Å². The number of allylic oxidation sites excluding steroid dienone is 4. The fourth-order valence-corrected chi connectivity index (χ4v) is 24.8. The molecule has 1 atom stereocenters. The number of benzene rings is 3. The molecule has 0 spiro atoms. The molecule has 0 radical (unpaired) electrons. The van der Waals surface area contributed by atoms with E-state index in [2.05, 4.69) is 148 Å². The van der Waals surface area contributed by atoms with E-state index in [1.54, 1.807) is 12.1 Å². The van der Waals surface area contributed by atoms with Crippen LogP contribution in [0.4, 0.5) is 0 Å². The molecule has 5 rings (SSSR count). The van der Waals surface area contributed by atoms with Crippen molar-refractivity contribution >= 4 is 35.6 Å². The minimum absolute atomic E-state index is 0. The summed E-state index contributed by atoms with van der Waals surface area (Å²) in [6.07, 6.45) is 3.57. The molecule has 0 N–H and O–H groups in total. The maximum absolute atomic E-state index is 5.66. The number of hydrogen-bond donors (Lipinski definition) is 0. The van der Waals surface area contributed by atoms with E-state index in [0.29, 0.717) is 5.92 Å². The quantitative estimate of drug-likeness (QED) is 0.199. The van der Waals surface area contributed by atoms with E-state index in [9.17, 15) is 0 Å². The van der Waals surface area contributed by atoms with Crippen LogP contribution >= 0.6 is 24.8 Å². The van der Waals surface area contributed by atoms with Crippen LogP contribution in [0.1, 0.15) is 104 Å². The van der Waals surface area contributed by atoms with Crippen LogP contribution in [0.25, 0.3) is 11.1 Å². The second-order valence-corrected chi connectivity index (χ2v) is 30.9. The van der Waals surface area contributed by atoms with Gasteiger partial charge in [0.1, 0.15) is 0 Å². The minimum atomic E-state index is -4.50. The second kappa shape index (κ2) is 11.6. The average Bonchev–Trinajstić information content (AvgIpc) is 3.39. The summed E-state index contributed by atoms with van der Waals surface area (Å²) in [4.78, 5) is 0. The van der Waals surface area contributed by atoms with Crippen molar-refractivity contribution in [3.63, 3.8) is 0 Å². The molecular formula is C41H56Cl2Zr. The third kappa shape index (κ3) is 5.78. The van der Waals surface area contributed by atoms with Gasteiger partial charge in [-0.1, -0.05) is 0 Å². The molecule has 0 heterocycles. The van der Waals surface area contributed by atoms with E-state index in [-0.39, 0.29) is 41.1 Å². The zero-order chi connectivity index (χ0) is 31.2. The van der Waals surface area contributed by atoms with Gasteiger partial charge in [0.2, 0.25) is 0 Å². The molecule has 0 fully saturated rings. The van der Waals surface area contributed by atoms with Crippen LogP contribution in [0, 0.1) is 18.3 Å². The Kier molecular flexibility index (Phi) is 9.75. The summed E-state index contributed by atoms with van der Waals surface area (Å²) < 4.78 is 13.1. The molecule has 0 aromatic heterocycles. The van der Waals surface area contributed by atoms with Crippen LogP contribution in [-0.2, 0) is 35.5 Å². The fraction of sp³-hybridized carbons (Fsp3) is 0.439. The maximum atomic E-state index is 5.66. The Balaban J connectivity index is 0.00000264. The molecule has 3 aromatic rings. The molecule has 0 amide bonds. The summed E-state index contributed by atoms with van der Waals surface area (Å²) in [7, 11) is 0. The van der Waals surface area contributed by atoms with Crippen molar-refractivity contribution in [2.75, 3.05) is 0 Å². The summed E-state index contributed by atoms with van der Waals surface area (Å²) >= 11 is -4.50. The van der Waals surface area contributed by atoms with Gasteiger partial charge in [-0.25, -0.2) is 0 Å². The van der Waals surface area contributed by atoms with Gasteiger partial charge in [-0.2, -0.15) is 0 Å². The van der Waals surface area contributed by atoms with Crippen molar-refractivity contribution in [2.45, 2.75) is 105 Å². The van der Waals surface area contributed by atoms with E-state index in [4.69, 9.17) is 4.21 Å². The predicted molar refractivity (Wildman–Crippen MR) is 199 cm³/mol. The van der Waals surface area contributed by atoms with Crippen molar-refractivity contribution in [1.82, 2.24) is 0 Å². The number of hydrogen-bond acceptors (Lipinski definition) is 0. The predicted octanol–water partition coefficient (Wildman–Crippen LogP) is 11.0. The van der Waals surface area contributed by atoms with Crippen molar-refractivity contribution in [3.05, 3.63) is 103 Å². The topological polar surface area (TPSA) is 0 Å². The van der Waals surface area contributed by atoms with Crippen LogP contribution in [0.3, 0.4) is 0 Å². The normalized spacial score (nSPS) is 17.0. The van der Waals surface area contributed by atoms with Crippen LogP contribution in [0.15, 0.2) is 75.1 Å². The first kappa shape index (κ1) is 36.9. The molecule has 3 aromatic carbocycles. The van der Waals surface area contributed by atoms with Gasteiger partial charge in [-0.15, -0.1) is 24.8 Å². The monoisotopic (exact) mass is 708 g/mol. The molecule has 0 aliphatic heterocycles. The summed E-state index contributed by atoms with van der Waals surface area (Å²) in [6.45, 7) is 28.4. The van der Waals surface area contributed by atoms with Crippen LogP contribution in [0.2, 0.25) is 4.63 Å². The number of fused-ring (bicyclic) bond motifs is 3. The molecule has 0 nitrogen and oxygen atoms in total. The first-order valence-electron chi connectivity index (χ1n) is 16.0. The Morgan fingerprint density at radius 1 is 0.727 bits per heavy atom. The molecule has 238 valence electrons. The van der Waals surface area contributed by atoms with Gasteiger partial charge in [-0.3, -0.25) is 0 Å². The number of aryl methyl sites for hydroxylation is 1. The molecule has 1 unspecified atom stereocenters. The number of rotatable bonds is 3. The van der Waals surface area contributed by atoms with Gasteiger partial charge in [0.05, 0.1) is 0 Å². The van der Waals surface area contributed by atoms with Gasteiger partial charge in [-0.05, 0) is 0 Å². The molecule has 0 saturated heterocycles. The molecule has 2 aliphatic carbocycles. The standard InChI is InChI=1S/C21H25.C11H17.C7H7.CH3.CH2.2ClH.Zr/c1-20(2,3)16-7-9-18-14(12-16)11-15-13-17(21(4,5)6)8-10-19(15)18;1-8-6-9(2)10(7-8)11(3,4)5;1-7-5-3-2-4-6-7;;;;;/h7-10,12H,11H2,1-6H3;7-8H,1-5H3;3-6H,1H3;1H3;1H2;2*1H;. The Hall–Kier alpha value is -1.53. The summed E-state index contributed by atoms with van der Waals surface area (Å²) in [5.41, 5.74) is 13.3. The average molecular weight is 711 g/mol. The summed E-state index contributed by atoms with van der Waals surface area (Å²) in [5.74, 6) is 0.369. The van der Waals surface area contributed by atoms with Crippen LogP contribution < -0.4 is 6.54 Å². The summed E-state index contributed by atoms with van der Waals surface area (Å²) in [5, 5.41) is 0. The molecule has 0 bridgehead atoms. The first-order chi connectivity index (χ1) is 19.1. The zero-order valence-electron chi connectivity index (χ0n) is 29.6. The summed E-state index contributed by atoms with van der Waals surface area (Å²) in [6, 6.07) is 21.7. The third-order valence-corrected chi connectivity index (χ3v) is 25.5. The van der Waals surface area contributed by atoms with Crippen molar-refractivity contribution in [1.29, 1.82) is 0 Å². The van der Waals surface area contributed by atoms with Crippen molar-refractivity contribution in [2.24, 2.45) is 11.3 Å². The van der Waals surface area contributed by atoms with Gasteiger partial charge in [0.25, 0.3) is 0 Å². The molecule has 2 aliphatic rings. The molecule has 44 heavy (non-hydrogen) atoms. The number of halogens is 2. The van der Waals surface area contributed by atoms with Crippen molar-refractivity contribution in [3.8, 4) is 11.1 Å². The third-order valence-electron chi connectivity index (χ3n) is 10.5. The zero-order valence-corrected chi connectivity index (χ0v) is 33.7. The Morgan fingerprint density at radius 3 is 1.80 bits per heavy atom. The van der Waals surface area contributed by atoms with Gasteiger partial charge in [0.15, 0.2) is 0 Å². The Labute approximate surface area is 282 Å². The fourth-order valence-electron chi connectivity index (χ4n) is 8.46. The molecule has 0 saturated carbocycles. The Morgan fingerprint density at radius 2 is 1.30 bits per heavy atom. The first-order valence-corrected chi connectivity index (χ1v) is 23.9. The molecular weight excluding hydrogens is 655 g/mol. The van der Waals surface area contributed by atoms with Gasteiger partial charge in [0, 0.05) is 0 Å². The Bertz CT molecular complexity index is 1730. The van der Waals surface area contributed by atoms with E-state index in [1.807, 2.05) is 0 Å². The van der Waals surface area contributed by atoms with E-state index < -0.39 is 18.3 Å². The van der Waals surface area contributed by atoms with E-state index >= 15 is 0 Å². The second-order valence-electron chi connectivity index (χ2n) is 17.1. The van der Waals surface area contributed by atoms with E-state index in [0.717, 1.165) is 6.42 Å². The SMILES string of the molecule is Cl.Cl.[CH2]=[Zr]([CH3])([C]1=C(C)C(C(C)(C)C)=CC1C)([c]1ccc(C)cc1)[c]1c(C(C)(C)C)ccc2c1Cc1cc(C(C)(C)C)ccc1-2. The van der Waals surface area contributed by atoms with Crippen LogP contribution in [0.5, 0.6) is 0 Å². The van der Waals surface area contributed by atoms with Gasteiger partial charge >= 0.3 is 259 Å². The van der Waals surface area contributed by atoms with Crippen molar-refractivity contribution < 1.29 is 18.3 Å². The molecule has 3 heteroatoms.